The second kappa shape index (κ2) is 9.28. The van der Waals surface area contributed by atoms with Crippen molar-refractivity contribution in [2.45, 2.75) is 32.1 Å². The second-order valence-electron chi connectivity index (χ2n) is 8.88. The number of fused-ring (bicyclic) bond motifs is 3. The first-order valence-electron chi connectivity index (χ1n) is 11.9. The lowest BCUT2D eigenvalue weighted by Crippen LogP contribution is -2.48. The summed E-state index contributed by atoms with van der Waals surface area (Å²) >= 11 is 0. The number of para-hydroxylation sites is 2. The predicted octanol–water partition coefficient (Wildman–Crippen LogP) is 3.81. The summed E-state index contributed by atoms with van der Waals surface area (Å²) in [5.74, 6) is 2.28. The molecule has 0 aliphatic carbocycles. The van der Waals surface area contributed by atoms with Gasteiger partial charge in [-0.1, -0.05) is 31.5 Å². The maximum absolute atomic E-state index is 13.2. The molecule has 0 spiro atoms. The topological polar surface area (TPSA) is 57.5 Å². The maximum Gasteiger partial charge on any atom is 0.330 e. The van der Waals surface area contributed by atoms with Gasteiger partial charge in [0.05, 0.1) is 11.0 Å². The number of amides is 1. The highest BCUT2D eigenvalue weighted by molar-refractivity contribution is 5.91. The molecule has 1 fully saturated rings. The van der Waals surface area contributed by atoms with Crippen LogP contribution >= 0.6 is 0 Å². The third-order valence-corrected chi connectivity index (χ3v) is 6.78. The van der Waals surface area contributed by atoms with Crippen molar-refractivity contribution in [2.24, 2.45) is 0 Å². The number of imidazole rings is 1. The molecule has 5 rings (SSSR count). The number of nitrogens with zero attached hydrogens (tertiary/aromatic N) is 6. The quantitative estimate of drug-likeness (QED) is 0.568. The van der Waals surface area contributed by atoms with Crippen molar-refractivity contribution in [1.29, 1.82) is 0 Å². The Morgan fingerprint density at radius 3 is 2.59 bits per heavy atom. The summed E-state index contributed by atoms with van der Waals surface area (Å²) in [6.45, 7) is 8.88. The number of aromatic nitrogens is 3. The number of unbranched alkanes of at least 4 members (excludes halogenated alkanes) is 1. The van der Waals surface area contributed by atoms with Crippen molar-refractivity contribution < 1.29 is 4.79 Å². The van der Waals surface area contributed by atoms with Gasteiger partial charge < -0.3 is 9.80 Å². The zero-order valence-corrected chi connectivity index (χ0v) is 18.9. The highest BCUT2D eigenvalue weighted by Gasteiger charge is 2.34. The van der Waals surface area contributed by atoms with Crippen LogP contribution in [0.4, 0.5) is 10.6 Å². The van der Waals surface area contributed by atoms with Gasteiger partial charge in [0.1, 0.15) is 11.6 Å². The number of piperazine rings is 1. The fourth-order valence-electron chi connectivity index (χ4n) is 4.92. The third-order valence-electron chi connectivity index (χ3n) is 6.78. The number of benzene rings is 1. The van der Waals surface area contributed by atoms with Gasteiger partial charge in [0.25, 0.3) is 0 Å². The van der Waals surface area contributed by atoms with Gasteiger partial charge in [-0.3, -0.25) is 4.90 Å². The lowest BCUT2D eigenvalue weighted by molar-refractivity contribution is 0.176. The Labute approximate surface area is 189 Å². The summed E-state index contributed by atoms with van der Waals surface area (Å²) in [5.41, 5.74) is 1.85. The Balaban J connectivity index is 1.28. The van der Waals surface area contributed by atoms with Crippen LogP contribution < -0.4 is 4.90 Å². The number of pyridine rings is 1. The Bertz CT molecular complexity index is 1060. The van der Waals surface area contributed by atoms with Gasteiger partial charge in [0, 0.05) is 51.4 Å². The van der Waals surface area contributed by atoms with Crippen molar-refractivity contribution in [3.8, 4) is 0 Å². The second-order valence-corrected chi connectivity index (χ2v) is 8.88. The van der Waals surface area contributed by atoms with Crippen LogP contribution in [0.25, 0.3) is 11.0 Å². The molecule has 2 aliphatic heterocycles. The molecule has 1 amide bonds. The fraction of sp³-hybridized carbons (Fsp3) is 0.480. The standard InChI is InChI=1S/C25H32N6O/c1-2-3-13-30-19-20(24-27-21-8-4-5-9-22(21)31(24)25(30)32)11-14-28-15-17-29(18-16-28)23-10-6-7-12-26-23/h4-10,12,20H,2-3,11,13-19H2,1H3. The molecule has 2 aliphatic rings. The largest absolute Gasteiger partial charge is 0.354 e. The normalized spacial score (nSPS) is 19.5. The average Bonchev–Trinajstić information content (AvgIpc) is 3.24. The summed E-state index contributed by atoms with van der Waals surface area (Å²) < 4.78 is 1.87. The number of carbonyl (C=O) groups is 1. The van der Waals surface area contributed by atoms with E-state index < -0.39 is 0 Å². The molecule has 0 N–H and O–H groups in total. The summed E-state index contributed by atoms with van der Waals surface area (Å²) in [6.07, 6.45) is 5.01. The van der Waals surface area contributed by atoms with E-state index in [1.165, 1.54) is 0 Å². The summed E-state index contributed by atoms with van der Waals surface area (Å²) in [4.78, 5) is 29.6. The molecule has 0 saturated carbocycles. The van der Waals surface area contributed by atoms with E-state index in [-0.39, 0.29) is 11.9 Å². The van der Waals surface area contributed by atoms with E-state index in [1.54, 1.807) is 0 Å². The molecule has 2 aromatic heterocycles. The van der Waals surface area contributed by atoms with Gasteiger partial charge in [-0.05, 0) is 43.7 Å². The molecule has 0 bridgehead atoms. The maximum atomic E-state index is 13.2. The van der Waals surface area contributed by atoms with Crippen LogP contribution in [0.2, 0.25) is 0 Å². The van der Waals surface area contributed by atoms with Crippen molar-refractivity contribution in [3.63, 3.8) is 0 Å². The molecular weight excluding hydrogens is 400 g/mol. The molecule has 7 heteroatoms. The number of rotatable bonds is 7. The van der Waals surface area contributed by atoms with E-state index in [1.807, 2.05) is 46.0 Å². The van der Waals surface area contributed by atoms with Gasteiger partial charge in [0.15, 0.2) is 0 Å². The van der Waals surface area contributed by atoms with E-state index in [2.05, 4.69) is 33.8 Å². The SMILES string of the molecule is CCCCN1CC(CCN2CCN(c3ccccn3)CC2)c2nc3ccccc3n2C1=O. The Kier molecular flexibility index (Phi) is 6.08. The predicted molar refractivity (Wildman–Crippen MR) is 127 cm³/mol. The summed E-state index contributed by atoms with van der Waals surface area (Å²) in [5, 5.41) is 0. The number of hydrogen-bond acceptors (Lipinski definition) is 5. The lowest BCUT2D eigenvalue weighted by atomic mass is 10.0. The minimum atomic E-state index is 0.0855. The minimum Gasteiger partial charge on any atom is -0.354 e. The van der Waals surface area contributed by atoms with E-state index >= 15 is 0 Å². The van der Waals surface area contributed by atoms with Crippen molar-refractivity contribution in [1.82, 2.24) is 24.3 Å². The molecule has 32 heavy (non-hydrogen) atoms. The van der Waals surface area contributed by atoms with Crippen molar-refractivity contribution in [3.05, 3.63) is 54.5 Å². The molecule has 7 nitrogen and oxygen atoms in total. The van der Waals surface area contributed by atoms with E-state index in [0.29, 0.717) is 0 Å². The van der Waals surface area contributed by atoms with Crippen LogP contribution in [0, 0.1) is 0 Å². The van der Waals surface area contributed by atoms with Crippen LogP contribution in [0.3, 0.4) is 0 Å². The van der Waals surface area contributed by atoms with Crippen molar-refractivity contribution in [2.75, 3.05) is 50.7 Å². The average molecular weight is 433 g/mol. The molecule has 168 valence electrons. The summed E-state index contributed by atoms with van der Waals surface area (Å²) in [7, 11) is 0. The number of carbonyl (C=O) groups excluding carboxylic acids is 1. The molecule has 1 saturated heterocycles. The molecule has 1 aromatic carbocycles. The highest BCUT2D eigenvalue weighted by atomic mass is 16.2. The van der Waals surface area contributed by atoms with Crippen LogP contribution in [0.5, 0.6) is 0 Å². The van der Waals surface area contributed by atoms with Crippen LogP contribution in [0.1, 0.15) is 37.9 Å². The lowest BCUT2D eigenvalue weighted by Gasteiger charge is -2.37. The molecule has 1 atom stereocenters. The Morgan fingerprint density at radius 2 is 1.81 bits per heavy atom. The van der Waals surface area contributed by atoms with Gasteiger partial charge in [-0.2, -0.15) is 0 Å². The summed E-state index contributed by atoms with van der Waals surface area (Å²) in [6, 6.07) is 14.2. The molecule has 0 radical (unpaired) electrons. The van der Waals surface area contributed by atoms with Crippen LogP contribution in [-0.4, -0.2) is 76.2 Å². The van der Waals surface area contributed by atoms with Gasteiger partial charge >= 0.3 is 6.03 Å². The number of anilines is 1. The first kappa shape index (κ1) is 20.9. The first-order chi connectivity index (χ1) is 15.7. The van der Waals surface area contributed by atoms with Gasteiger partial charge in [0.2, 0.25) is 0 Å². The smallest absolute Gasteiger partial charge is 0.330 e. The monoisotopic (exact) mass is 432 g/mol. The zero-order chi connectivity index (χ0) is 21.9. The third kappa shape index (κ3) is 4.09. The Morgan fingerprint density at radius 1 is 1.00 bits per heavy atom. The van der Waals surface area contributed by atoms with Crippen LogP contribution in [-0.2, 0) is 0 Å². The van der Waals surface area contributed by atoms with Crippen LogP contribution in [0.15, 0.2) is 48.7 Å². The Hall–Kier alpha value is -2.93. The zero-order valence-electron chi connectivity index (χ0n) is 18.9. The minimum absolute atomic E-state index is 0.0855. The van der Waals surface area contributed by atoms with Crippen molar-refractivity contribution >= 4 is 22.9 Å². The molecule has 4 heterocycles. The van der Waals surface area contributed by atoms with Gasteiger partial charge in [-0.25, -0.2) is 19.3 Å². The highest BCUT2D eigenvalue weighted by Crippen LogP contribution is 2.30. The van der Waals surface area contributed by atoms with Gasteiger partial charge in [-0.15, -0.1) is 0 Å². The number of hydrogen-bond donors (Lipinski definition) is 0. The molecule has 3 aromatic rings. The van der Waals surface area contributed by atoms with E-state index in [0.717, 1.165) is 87.8 Å². The fourth-order valence-corrected chi connectivity index (χ4v) is 4.92. The van der Waals surface area contributed by atoms with E-state index in [9.17, 15) is 4.79 Å². The molecule has 1 unspecified atom stereocenters. The molecular formula is C25H32N6O. The first-order valence-corrected chi connectivity index (χ1v) is 11.9. The van der Waals surface area contributed by atoms with E-state index in [4.69, 9.17) is 4.98 Å².